The molecule has 78 heavy (non-hydrogen) atoms. The van der Waals surface area contributed by atoms with Crippen LogP contribution in [0, 0.1) is 0 Å². The lowest BCUT2D eigenvalue weighted by atomic mass is 10.0. The van der Waals surface area contributed by atoms with E-state index < -0.39 is 0 Å². The van der Waals surface area contributed by atoms with Crippen LogP contribution in [0.5, 0.6) is 23.0 Å². The maximum atomic E-state index is 6.70. The van der Waals surface area contributed by atoms with Crippen LogP contribution in [-0.4, -0.2) is 138 Å². The van der Waals surface area contributed by atoms with Gasteiger partial charge in [-0.25, -0.2) is 0 Å². The van der Waals surface area contributed by atoms with Gasteiger partial charge in [0.2, 0.25) is 0 Å². The van der Waals surface area contributed by atoms with Gasteiger partial charge in [-0.05, 0) is 99.1 Å². The highest BCUT2D eigenvalue weighted by molar-refractivity contribution is 5.87. The van der Waals surface area contributed by atoms with Crippen molar-refractivity contribution in [1.29, 1.82) is 0 Å². The van der Waals surface area contributed by atoms with Crippen molar-refractivity contribution in [3.63, 3.8) is 0 Å². The van der Waals surface area contributed by atoms with Crippen LogP contribution in [0.3, 0.4) is 0 Å². The topological polar surface area (TPSA) is 121 Å². The van der Waals surface area contributed by atoms with Gasteiger partial charge in [-0.1, -0.05) is 93.6 Å². The molecule has 12 nitrogen and oxygen atoms in total. The van der Waals surface area contributed by atoms with Gasteiger partial charge in [0.05, 0.1) is 48.9 Å². The number of aromatic nitrogens is 4. The highest BCUT2D eigenvalue weighted by Crippen LogP contribution is 2.36. The van der Waals surface area contributed by atoms with Gasteiger partial charge >= 0.3 is 0 Å². The minimum atomic E-state index is 0.512. The van der Waals surface area contributed by atoms with E-state index in [-0.39, 0.29) is 0 Å². The number of ether oxygens (including phenoxy) is 5. The average Bonchev–Trinajstić information content (AvgIpc) is 4.39. The first-order valence-electron chi connectivity index (χ1n) is 27.9. The zero-order valence-electron chi connectivity index (χ0n) is 47.8. The summed E-state index contributed by atoms with van der Waals surface area (Å²) in [6, 6.07) is 50.7. The van der Waals surface area contributed by atoms with Crippen molar-refractivity contribution in [2.24, 2.45) is 0 Å². The molecule has 0 amide bonds. The van der Waals surface area contributed by atoms with Crippen molar-refractivity contribution in [2.75, 3.05) is 109 Å². The second-order valence-electron chi connectivity index (χ2n) is 21.5. The molecular formula is C66H83N7O5+2. The Hall–Kier alpha value is -7.48. The third-order valence-corrected chi connectivity index (χ3v) is 13.5. The lowest BCUT2D eigenvalue weighted by Crippen LogP contribution is -2.38. The van der Waals surface area contributed by atoms with E-state index in [2.05, 4.69) is 190 Å². The second kappa shape index (κ2) is 26.7. The molecule has 10 rings (SSSR count). The maximum absolute atomic E-state index is 6.70. The normalized spacial score (nSPS) is 13.4. The third-order valence-electron chi connectivity index (χ3n) is 13.5. The first-order chi connectivity index (χ1) is 37.9. The predicted molar refractivity (Wildman–Crippen MR) is 317 cm³/mol. The number of nitrogens with one attached hydrogen (secondary N) is 5. The third kappa shape index (κ3) is 14.2. The summed E-state index contributed by atoms with van der Waals surface area (Å²) in [7, 11) is 15.1. The van der Waals surface area contributed by atoms with Crippen LogP contribution in [0.25, 0.3) is 22.3 Å². The van der Waals surface area contributed by atoms with Gasteiger partial charge < -0.3 is 57.9 Å². The van der Waals surface area contributed by atoms with Gasteiger partial charge in [0.25, 0.3) is 0 Å². The summed E-state index contributed by atoms with van der Waals surface area (Å²) in [4.78, 5) is 15.8. The molecule has 0 spiro atoms. The summed E-state index contributed by atoms with van der Waals surface area (Å²) < 4.78 is 33.0. The van der Waals surface area contributed by atoms with Crippen LogP contribution in [0.2, 0.25) is 0 Å². The molecule has 0 radical (unpaired) electrons. The maximum Gasteiger partial charge on any atom is 0.137 e. The molecule has 2 aliphatic heterocycles. The van der Waals surface area contributed by atoms with E-state index >= 15 is 0 Å². The van der Waals surface area contributed by atoms with Crippen LogP contribution in [0.15, 0.2) is 146 Å². The number of hydrogen-bond donors (Lipinski definition) is 5. The van der Waals surface area contributed by atoms with Crippen LogP contribution < -0.4 is 45.7 Å². The molecule has 410 valence electrons. The molecule has 2 aliphatic rings. The minimum absolute atomic E-state index is 0.512. The summed E-state index contributed by atoms with van der Waals surface area (Å²) in [5.74, 6) is 3.21. The Morgan fingerprint density at radius 3 is 1.00 bits per heavy atom. The molecule has 12 heteroatoms. The number of fused-ring (bicyclic) bond motifs is 8. The zero-order chi connectivity index (χ0) is 55.1. The van der Waals surface area contributed by atoms with Gasteiger partial charge in [-0.3, -0.25) is 0 Å². The Labute approximate surface area is 461 Å². The van der Waals surface area contributed by atoms with E-state index in [1.165, 1.54) is 12.8 Å². The Morgan fingerprint density at radius 2 is 0.718 bits per heavy atom. The standard InChI is InChI=1S/C60H69N7O4.C4H8O.C2H6/c1-9-37-68-53-22-14-10-18-41(53)57-45-26-28-47(62-45)58(42-19-11-15-23-54(42)69-38-34-61-2)48-29-31-50(64-48)60(44-21-13-17-25-56(44)71-40-36-67(6,7)8)52-33-32-51(65-52)59(49-30-27-46(57)63-49)43-20-12-16-24-55(43)70-39-35-66(3,4)5;1-2-4-5-3-1;1-2/h10-33,61-65H,9,34-40H2,1-8H3;1-4H2;1-2H3/q+2;;. The van der Waals surface area contributed by atoms with Crippen LogP contribution in [0.1, 0.15) is 85.1 Å². The van der Waals surface area contributed by atoms with Crippen LogP contribution in [0.4, 0.5) is 0 Å². The number of nitrogens with zero attached hydrogens (tertiary/aromatic N) is 2. The Morgan fingerprint density at radius 1 is 0.410 bits per heavy atom. The van der Waals surface area contributed by atoms with E-state index in [9.17, 15) is 0 Å². The summed E-state index contributed by atoms with van der Waals surface area (Å²) in [6.45, 7) is 12.8. The molecule has 4 aromatic carbocycles. The largest absolute Gasteiger partial charge is 0.493 e. The monoisotopic (exact) mass is 1050 g/mol. The molecule has 0 saturated carbocycles. The van der Waals surface area contributed by atoms with E-state index in [4.69, 9.17) is 23.7 Å². The second-order valence-corrected chi connectivity index (χ2v) is 21.5. The first-order valence-corrected chi connectivity index (χ1v) is 27.9. The number of para-hydroxylation sites is 4. The van der Waals surface area contributed by atoms with E-state index in [1.807, 2.05) is 51.2 Å². The van der Waals surface area contributed by atoms with E-state index in [0.29, 0.717) is 33.0 Å². The molecule has 4 aromatic heterocycles. The SMILES string of the molecule is C1CCOC1.CC.CCCOc1ccccc1C1=c2ccc([nH]2)=C(c2ccccc2OCC[N+](C)(C)C)c2ccc([nH]2)C(c2ccccc2OCC[N+](C)(C)C)=c2ccc([nH]2)=C(c2ccccc2OCCNC)c2ccc1[nH]2. The summed E-state index contributed by atoms with van der Waals surface area (Å²) in [6.07, 6.45) is 3.44. The smallest absolute Gasteiger partial charge is 0.137 e. The Bertz CT molecular complexity index is 3460. The van der Waals surface area contributed by atoms with Crippen molar-refractivity contribution in [3.8, 4) is 23.0 Å². The lowest BCUT2D eigenvalue weighted by molar-refractivity contribution is -0.870. The molecule has 0 atom stereocenters. The van der Waals surface area contributed by atoms with Crippen molar-refractivity contribution >= 4 is 22.3 Å². The number of hydrogen-bond acceptors (Lipinski definition) is 6. The molecule has 6 heterocycles. The molecule has 5 N–H and O–H groups in total. The Kier molecular flexibility index (Phi) is 19.4. The van der Waals surface area contributed by atoms with Gasteiger partial charge in [-0.15, -0.1) is 0 Å². The van der Waals surface area contributed by atoms with Crippen LogP contribution in [-0.2, 0) is 4.74 Å². The van der Waals surface area contributed by atoms with Crippen molar-refractivity contribution < 1.29 is 32.7 Å². The number of likely N-dealkylation sites (N-methyl/N-ethyl adjacent to an activating group) is 3. The molecule has 0 aliphatic carbocycles. The predicted octanol–water partition coefficient (Wildman–Crippen LogP) is 8.68. The van der Waals surface area contributed by atoms with Crippen molar-refractivity contribution in [3.05, 3.63) is 212 Å². The quantitative estimate of drug-likeness (QED) is 0.0409. The molecular weight excluding hydrogens is 971 g/mol. The highest BCUT2D eigenvalue weighted by Gasteiger charge is 2.23. The number of quaternary nitrogens is 2. The fourth-order valence-corrected chi connectivity index (χ4v) is 9.53. The van der Waals surface area contributed by atoms with Crippen LogP contribution >= 0.6 is 0 Å². The van der Waals surface area contributed by atoms with E-state index in [1.54, 1.807) is 0 Å². The van der Waals surface area contributed by atoms with Gasteiger partial charge in [0.15, 0.2) is 0 Å². The number of aromatic amines is 4. The number of rotatable bonds is 19. The summed E-state index contributed by atoms with van der Waals surface area (Å²) in [5, 5.41) is 6.91. The summed E-state index contributed by atoms with van der Waals surface area (Å²) >= 11 is 0. The first kappa shape index (κ1) is 56.7. The zero-order valence-corrected chi connectivity index (χ0v) is 47.8. The molecule has 0 unspecified atom stereocenters. The fourth-order valence-electron chi connectivity index (χ4n) is 9.53. The van der Waals surface area contributed by atoms with Gasteiger partial charge in [0, 0.05) is 108 Å². The fraction of sp³-hybridized carbons (Fsp3) is 0.333. The van der Waals surface area contributed by atoms with Crippen molar-refractivity contribution in [1.82, 2.24) is 25.3 Å². The molecule has 8 aromatic rings. The van der Waals surface area contributed by atoms with Crippen molar-refractivity contribution in [2.45, 2.75) is 40.0 Å². The minimum Gasteiger partial charge on any atom is -0.493 e. The number of H-pyrrole nitrogens is 4. The van der Waals surface area contributed by atoms with E-state index in [0.717, 1.165) is 153 Å². The summed E-state index contributed by atoms with van der Waals surface area (Å²) in [5.41, 5.74) is 11.4. The Balaban J connectivity index is 0.00000107. The molecule has 1 saturated heterocycles. The van der Waals surface area contributed by atoms with Gasteiger partial charge in [0.1, 0.15) is 55.9 Å². The average molecular weight is 1050 g/mol. The van der Waals surface area contributed by atoms with Gasteiger partial charge in [-0.2, -0.15) is 0 Å². The molecule has 8 bridgehead atoms. The lowest BCUT2D eigenvalue weighted by Gasteiger charge is -2.24. The number of benzene rings is 4. The highest BCUT2D eigenvalue weighted by atomic mass is 16.5. The molecule has 1 fully saturated rings.